The number of halogens is 1. The summed E-state index contributed by atoms with van der Waals surface area (Å²) < 4.78 is 6.35. The molecule has 0 radical (unpaired) electrons. The van der Waals surface area contributed by atoms with E-state index in [0.717, 1.165) is 11.3 Å². The maximum absolute atomic E-state index is 11.8. The molecule has 0 unspecified atom stereocenters. The number of pyridine rings is 1. The van der Waals surface area contributed by atoms with E-state index in [9.17, 15) is 4.79 Å². The van der Waals surface area contributed by atoms with Crippen LogP contribution in [0.1, 0.15) is 42.5 Å². The van der Waals surface area contributed by atoms with E-state index in [-0.39, 0.29) is 11.1 Å². The molecule has 112 valence electrons. The highest BCUT2D eigenvalue weighted by Gasteiger charge is 2.30. The molecule has 0 saturated heterocycles. The fourth-order valence-corrected chi connectivity index (χ4v) is 2.55. The largest absolute Gasteiger partial charge is 0.464 e. The number of aryl methyl sites for hydroxylation is 1. The van der Waals surface area contributed by atoms with Crippen molar-refractivity contribution in [3.8, 4) is 5.82 Å². The zero-order chi connectivity index (χ0) is 15.8. The molecule has 0 N–H and O–H groups in total. The van der Waals surface area contributed by atoms with Crippen molar-refractivity contribution in [1.82, 2.24) is 14.8 Å². The van der Waals surface area contributed by atoms with Crippen molar-refractivity contribution in [3.63, 3.8) is 0 Å². The molecule has 0 saturated carbocycles. The van der Waals surface area contributed by atoms with Crippen LogP contribution in [0.15, 0.2) is 18.3 Å². The Bertz CT molecular complexity index is 687. The van der Waals surface area contributed by atoms with E-state index in [4.69, 9.17) is 16.3 Å². The number of methoxy groups -OCH3 is 1. The van der Waals surface area contributed by atoms with Gasteiger partial charge in [0.2, 0.25) is 0 Å². The molecule has 0 fully saturated rings. The Hall–Kier alpha value is -1.88. The van der Waals surface area contributed by atoms with Gasteiger partial charge in [-0.15, -0.1) is 0 Å². The minimum atomic E-state index is -0.558. The minimum Gasteiger partial charge on any atom is -0.464 e. The van der Waals surface area contributed by atoms with E-state index in [0.29, 0.717) is 10.8 Å². The van der Waals surface area contributed by atoms with Crippen LogP contribution in [0.4, 0.5) is 0 Å². The predicted octanol–water partition coefficient (Wildman–Crippen LogP) is 3.31. The summed E-state index contributed by atoms with van der Waals surface area (Å²) in [5.41, 5.74) is 1.57. The van der Waals surface area contributed by atoms with Crippen LogP contribution in [-0.2, 0) is 10.2 Å². The molecule has 0 aromatic carbocycles. The lowest BCUT2D eigenvalue weighted by atomic mass is 9.91. The Morgan fingerprint density at radius 3 is 2.57 bits per heavy atom. The van der Waals surface area contributed by atoms with Crippen molar-refractivity contribution in [2.45, 2.75) is 33.1 Å². The first-order valence-electron chi connectivity index (χ1n) is 6.56. The lowest BCUT2D eigenvalue weighted by molar-refractivity contribution is 0.0593. The van der Waals surface area contributed by atoms with Crippen molar-refractivity contribution in [2.75, 3.05) is 7.11 Å². The van der Waals surface area contributed by atoms with Crippen molar-refractivity contribution >= 4 is 17.6 Å². The van der Waals surface area contributed by atoms with Gasteiger partial charge in [-0.3, -0.25) is 0 Å². The maximum atomic E-state index is 11.8. The monoisotopic (exact) mass is 307 g/mol. The van der Waals surface area contributed by atoms with Crippen molar-refractivity contribution in [2.24, 2.45) is 0 Å². The summed E-state index contributed by atoms with van der Waals surface area (Å²) in [4.78, 5) is 16.1. The predicted molar refractivity (Wildman–Crippen MR) is 81.1 cm³/mol. The smallest absolute Gasteiger partial charge is 0.360 e. The molecule has 0 atom stereocenters. The van der Waals surface area contributed by atoms with Crippen molar-refractivity contribution < 1.29 is 9.53 Å². The van der Waals surface area contributed by atoms with Crippen LogP contribution in [-0.4, -0.2) is 27.8 Å². The van der Waals surface area contributed by atoms with Gasteiger partial charge in [-0.1, -0.05) is 32.4 Å². The van der Waals surface area contributed by atoms with Crippen LogP contribution in [0, 0.1) is 6.92 Å². The Morgan fingerprint density at radius 2 is 2.05 bits per heavy atom. The third kappa shape index (κ3) is 2.93. The molecule has 0 spiro atoms. The van der Waals surface area contributed by atoms with Crippen LogP contribution in [0.5, 0.6) is 0 Å². The average Bonchev–Trinajstić information content (AvgIpc) is 2.75. The van der Waals surface area contributed by atoms with E-state index in [1.54, 1.807) is 10.9 Å². The number of rotatable bonds is 2. The Morgan fingerprint density at radius 1 is 1.38 bits per heavy atom. The lowest BCUT2D eigenvalue weighted by Gasteiger charge is -2.20. The van der Waals surface area contributed by atoms with E-state index in [1.165, 1.54) is 7.11 Å². The molecule has 21 heavy (non-hydrogen) atoms. The highest BCUT2D eigenvalue weighted by molar-refractivity contribution is 6.34. The number of carbonyl (C=O) groups is 1. The van der Waals surface area contributed by atoms with Gasteiger partial charge in [-0.05, 0) is 24.6 Å². The molecule has 0 aliphatic rings. The SMILES string of the molecule is COC(=O)c1nn(-c2cc(C)ccn2)c(C(C)(C)C)c1Cl. The zero-order valence-corrected chi connectivity index (χ0v) is 13.5. The summed E-state index contributed by atoms with van der Waals surface area (Å²) in [7, 11) is 1.30. The molecular weight excluding hydrogens is 290 g/mol. The third-order valence-corrected chi connectivity index (χ3v) is 3.39. The molecule has 2 aromatic heterocycles. The molecule has 2 rings (SSSR count). The molecule has 0 bridgehead atoms. The number of hydrogen-bond acceptors (Lipinski definition) is 4. The molecule has 0 amide bonds. The minimum absolute atomic E-state index is 0.104. The topological polar surface area (TPSA) is 57.0 Å². The quantitative estimate of drug-likeness (QED) is 0.799. The zero-order valence-electron chi connectivity index (χ0n) is 12.8. The molecule has 6 heteroatoms. The van der Waals surface area contributed by atoms with Gasteiger partial charge in [0, 0.05) is 11.6 Å². The summed E-state index contributed by atoms with van der Waals surface area (Å²) in [6, 6.07) is 3.78. The van der Waals surface area contributed by atoms with Gasteiger partial charge < -0.3 is 4.74 Å². The normalized spacial score (nSPS) is 11.5. The molecule has 2 aromatic rings. The second kappa shape index (κ2) is 5.48. The van der Waals surface area contributed by atoms with Crippen LogP contribution in [0.3, 0.4) is 0 Å². The Balaban J connectivity index is 2.73. The van der Waals surface area contributed by atoms with Gasteiger partial charge in [0.1, 0.15) is 0 Å². The summed E-state index contributed by atoms with van der Waals surface area (Å²) in [6.07, 6.45) is 1.70. The molecule has 0 aliphatic carbocycles. The van der Waals surface area contributed by atoms with Gasteiger partial charge in [0.15, 0.2) is 11.5 Å². The van der Waals surface area contributed by atoms with Gasteiger partial charge >= 0.3 is 5.97 Å². The van der Waals surface area contributed by atoms with Crippen LogP contribution >= 0.6 is 11.6 Å². The van der Waals surface area contributed by atoms with Gasteiger partial charge in [-0.2, -0.15) is 5.10 Å². The third-order valence-electron chi connectivity index (χ3n) is 3.03. The second-order valence-electron chi connectivity index (χ2n) is 5.86. The van der Waals surface area contributed by atoms with E-state index < -0.39 is 5.97 Å². The van der Waals surface area contributed by atoms with Gasteiger partial charge in [0.05, 0.1) is 17.8 Å². The molecule has 2 heterocycles. The average molecular weight is 308 g/mol. The summed E-state index contributed by atoms with van der Waals surface area (Å²) in [5, 5.41) is 4.61. The van der Waals surface area contributed by atoms with E-state index >= 15 is 0 Å². The van der Waals surface area contributed by atoms with Gasteiger partial charge in [-0.25, -0.2) is 14.5 Å². The summed E-state index contributed by atoms with van der Waals surface area (Å²) in [5.74, 6) is 0.0638. The van der Waals surface area contributed by atoms with Crippen LogP contribution < -0.4 is 0 Å². The molecule has 0 aliphatic heterocycles. The first-order chi connectivity index (χ1) is 9.75. The summed E-state index contributed by atoms with van der Waals surface area (Å²) >= 11 is 6.37. The van der Waals surface area contributed by atoms with E-state index in [1.807, 2.05) is 39.8 Å². The number of esters is 1. The highest BCUT2D eigenvalue weighted by atomic mass is 35.5. The second-order valence-corrected chi connectivity index (χ2v) is 6.23. The number of aromatic nitrogens is 3. The van der Waals surface area contributed by atoms with E-state index in [2.05, 4.69) is 10.1 Å². The first kappa shape index (κ1) is 15.5. The maximum Gasteiger partial charge on any atom is 0.360 e. The van der Waals surface area contributed by atoms with Crippen molar-refractivity contribution in [1.29, 1.82) is 0 Å². The van der Waals surface area contributed by atoms with Crippen LogP contribution in [0.2, 0.25) is 5.02 Å². The fraction of sp³-hybridized carbons (Fsp3) is 0.400. The number of ether oxygens (including phenoxy) is 1. The fourth-order valence-electron chi connectivity index (χ4n) is 2.07. The van der Waals surface area contributed by atoms with Crippen molar-refractivity contribution in [3.05, 3.63) is 40.3 Å². The Labute approximate surface area is 128 Å². The van der Waals surface area contributed by atoms with Gasteiger partial charge in [0.25, 0.3) is 0 Å². The highest BCUT2D eigenvalue weighted by Crippen LogP contribution is 2.33. The Kier molecular flexibility index (Phi) is 4.05. The number of carbonyl (C=O) groups excluding carboxylic acids is 1. The summed E-state index contributed by atoms with van der Waals surface area (Å²) in [6.45, 7) is 7.98. The molecular formula is C15H18ClN3O2. The number of nitrogens with zero attached hydrogens (tertiary/aromatic N) is 3. The number of hydrogen-bond donors (Lipinski definition) is 0. The lowest BCUT2D eigenvalue weighted by Crippen LogP contribution is -2.18. The van der Waals surface area contributed by atoms with Crippen LogP contribution in [0.25, 0.3) is 5.82 Å². The first-order valence-corrected chi connectivity index (χ1v) is 6.94. The standard InChI is InChI=1S/C15H18ClN3O2/c1-9-6-7-17-10(8-9)19-13(15(2,3)4)11(16)12(18-19)14(20)21-5/h6-8H,1-5H3. The molecule has 5 nitrogen and oxygen atoms in total.